The highest BCUT2D eigenvalue weighted by molar-refractivity contribution is 6.13. The topological polar surface area (TPSA) is 63.8 Å². The van der Waals surface area contributed by atoms with E-state index in [0.717, 1.165) is 116 Å². The van der Waals surface area contributed by atoms with E-state index in [2.05, 4.69) is 178 Å². The first-order valence-electron chi connectivity index (χ1n) is 23.9. The summed E-state index contributed by atoms with van der Waals surface area (Å²) in [7, 11) is 0. The summed E-state index contributed by atoms with van der Waals surface area (Å²) in [6.45, 7) is 7.53. The van der Waals surface area contributed by atoms with Gasteiger partial charge in [0.2, 0.25) is 0 Å². The second-order valence-electron chi connectivity index (χ2n) is 18.0. The Bertz CT molecular complexity index is 4270. The molecular weight excluding hydrogens is 877 g/mol. The second kappa shape index (κ2) is 17.4. The lowest BCUT2D eigenvalue weighted by Crippen LogP contribution is -2.03. The Morgan fingerprint density at radius 1 is 0.361 bits per heavy atom. The zero-order valence-corrected chi connectivity index (χ0v) is 38.8. The summed E-state index contributed by atoms with van der Waals surface area (Å²) in [6, 6.07) is 86.6. The highest BCUT2D eigenvalue weighted by Gasteiger charge is 2.23. The molecule has 0 bridgehead atoms. The van der Waals surface area contributed by atoms with E-state index in [4.69, 9.17) is 16.5 Å². The molecule has 13 aromatic rings. The zero-order valence-electron chi connectivity index (χ0n) is 38.8. The van der Waals surface area contributed by atoms with E-state index < -0.39 is 0 Å². The third-order valence-electron chi connectivity index (χ3n) is 13.8. The van der Waals surface area contributed by atoms with Crippen LogP contribution in [-0.4, -0.2) is 19.1 Å². The van der Waals surface area contributed by atoms with Gasteiger partial charge in [0.05, 0.1) is 63.0 Å². The van der Waals surface area contributed by atoms with Gasteiger partial charge < -0.3 is 9.13 Å². The second-order valence-corrected chi connectivity index (χ2v) is 18.0. The van der Waals surface area contributed by atoms with Gasteiger partial charge >= 0.3 is 0 Å². The average Bonchev–Trinajstić information content (AvgIpc) is 3.97. The van der Waals surface area contributed by atoms with Crippen LogP contribution in [0.25, 0.3) is 127 Å². The molecule has 0 atom stereocenters. The van der Waals surface area contributed by atoms with Crippen molar-refractivity contribution in [1.29, 1.82) is 5.26 Å². The highest BCUT2D eigenvalue weighted by Crippen LogP contribution is 2.43. The molecule has 0 aliphatic heterocycles. The van der Waals surface area contributed by atoms with Crippen molar-refractivity contribution in [2.24, 2.45) is 0 Å². The normalized spacial score (nSPS) is 11.3. The van der Waals surface area contributed by atoms with Crippen LogP contribution in [0.1, 0.15) is 5.56 Å². The van der Waals surface area contributed by atoms with Gasteiger partial charge in [0, 0.05) is 49.4 Å². The van der Waals surface area contributed by atoms with Crippen LogP contribution in [0.3, 0.4) is 0 Å². The number of aromatic nitrogens is 4. The van der Waals surface area contributed by atoms with Crippen molar-refractivity contribution in [1.82, 2.24) is 19.1 Å². The van der Waals surface area contributed by atoms with Gasteiger partial charge in [-0.15, -0.1) is 0 Å². The van der Waals surface area contributed by atoms with Crippen molar-refractivity contribution in [3.05, 3.63) is 260 Å². The Morgan fingerprint density at radius 2 is 0.819 bits per heavy atom. The van der Waals surface area contributed by atoms with E-state index >= 15 is 0 Å². The Hall–Kier alpha value is -10.1. The summed E-state index contributed by atoms with van der Waals surface area (Å²) in [6.07, 6.45) is 0. The number of nitriles is 1. The van der Waals surface area contributed by atoms with Crippen molar-refractivity contribution in [3.8, 4) is 84.7 Å². The molecule has 334 valence electrons. The summed E-state index contributed by atoms with van der Waals surface area (Å²) < 4.78 is 4.80. The Labute approximate surface area is 416 Å². The molecule has 0 aliphatic rings. The first-order valence-corrected chi connectivity index (χ1v) is 23.9. The first kappa shape index (κ1) is 42.0. The van der Waals surface area contributed by atoms with Gasteiger partial charge in [0.25, 0.3) is 0 Å². The van der Waals surface area contributed by atoms with Gasteiger partial charge in [-0.25, -0.2) is 14.8 Å². The van der Waals surface area contributed by atoms with Gasteiger partial charge in [0.15, 0.2) is 11.5 Å². The summed E-state index contributed by atoms with van der Waals surface area (Å²) in [5, 5.41) is 14.0. The molecule has 3 heterocycles. The standard InChI is InChI=1S/C66H40N6/c1-68-51-33-28-45(29-34-51)49-32-37-64-57(39-49)54-20-10-13-23-62(54)72(64)65-40-50(66-69-58(46-14-4-2-5-15-46)41-59(70-66)47-16-6-3-7-17-47)30-35-55(65)52-18-8-11-21-60(52)71-61-22-12-9-19-53(61)56-38-48(31-36-63(56)71)44-26-24-43(42-67)25-27-44/h2-41H. The average molecular weight is 917 g/mol. The van der Waals surface area contributed by atoms with Gasteiger partial charge in [-0.1, -0.05) is 176 Å². The number of para-hydroxylation sites is 3. The molecule has 0 spiro atoms. The Balaban J connectivity index is 1.07. The van der Waals surface area contributed by atoms with Crippen molar-refractivity contribution < 1.29 is 0 Å². The lowest BCUT2D eigenvalue weighted by molar-refractivity contribution is 1.15. The minimum atomic E-state index is 0.618. The zero-order chi connectivity index (χ0) is 48.1. The molecule has 0 N–H and O–H groups in total. The number of rotatable bonds is 8. The molecule has 6 heteroatoms. The predicted molar refractivity (Wildman–Crippen MR) is 294 cm³/mol. The predicted octanol–water partition coefficient (Wildman–Crippen LogP) is 17.1. The van der Waals surface area contributed by atoms with Gasteiger partial charge in [-0.3, -0.25) is 0 Å². The lowest BCUT2D eigenvalue weighted by atomic mass is 9.98. The molecule has 0 fully saturated rings. The fourth-order valence-corrected chi connectivity index (χ4v) is 10.4. The molecule has 0 saturated carbocycles. The Kier molecular flexibility index (Phi) is 10.2. The van der Waals surface area contributed by atoms with E-state index in [1.807, 2.05) is 84.9 Å². The van der Waals surface area contributed by atoms with E-state index in [-0.39, 0.29) is 0 Å². The van der Waals surface area contributed by atoms with Crippen molar-refractivity contribution in [3.63, 3.8) is 0 Å². The fourth-order valence-electron chi connectivity index (χ4n) is 10.4. The van der Waals surface area contributed by atoms with E-state index in [1.54, 1.807) is 0 Å². The van der Waals surface area contributed by atoms with Crippen LogP contribution in [-0.2, 0) is 0 Å². The van der Waals surface area contributed by atoms with Crippen LogP contribution in [0.2, 0.25) is 0 Å². The molecule has 6 nitrogen and oxygen atoms in total. The van der Waals surface area contributed by atoms with Crippen molar-refractivity contribution in [2.45, 2.75) is 0 Å². The summed E-state index contributed by atoms with van der Waals surface area (Å²) in [5.74, 6) is 0.627. The summed E-state index contributed by atoms with van der Waals surface area (Å²) >= 11 is 0. The molecule has 0 saturated heterocycles. The van der Waals surface area contributed by atoms with E-state index in [1.165, 1.54) is 0 Å². The number of benzene rings is 10. The first-order chi connectivity index (χ1) is 35.6. The molecule has 10 aromatic carbocycles. The number of fused-ring (bicyclic) bond motifs is 6. The van der Waals surface area contributed by atoms with Crippen LogP contribution in [0.5, 0.6) is 0 Å². The molecule has 72 heavy (non-hydrogen) atoms. The number of hydrogen-bond acceptors (Lipinski definition) is 3. The summed E-state index contributed by atoms with van der Waals surface area (Å²) in [4.78, 5) is 14.3. The van der Waals surface area contributed by atoms with Gasteiger partial charge in [0.1, 0.15) is 0 Å². The van der Waals surface area contributed by atoms with Gasteiger partial charge in [-0.2, -0.15) is 5.26 Å². The maximum absolute atomic E-state index is 9.50. The van der Waals surface area contributed by atoms with E-state index in [0.29, 0.717) is 17.1 Å². The molecule has 0 amide bonds. The van der Waals surface area contributed by atoms with Crippen LogP contribution < -0.4 is 0 Å². The molecule has 0 aliphatic carbocycles. The quantitative estimate of drug-likeness (QED) is 0.143. The molecule has 3 aromatic heterocycles. The number of hydrogen-bond donors (Lipinski definition) is 0. The molecular formula is C66H40N6. The maximum Gasteiger partial charge on any atom is 0.187 e. The van der Waals surface area contributed by atoms with Crippen molar-refractivity contribution >= 4 is 49.3 Å². The third-order valence-corrected chi connectivity index (χ3v) is 13.8. The van der Waals surface area contributed by atoms with Crippen LogP contribution in [0, 0.1) is 17.9 Å². The monoisotopic (exact) mass is 916 g/mol. The smallest absolute Gasteiger partial charge is 0.187 e. The molecule has 0 radical (unpaired) electrons. The minimum absolute atomic E-state index is 0.618. The van der Waals surface area contributed by atoms with Gasteiger partial charge in [-0.05, 0) is 89.0 Å². The van der Waals surface area contributed by atoms with Crippen LogP contribution >= 0.6 is 0 Å². The van der Waals surface area contributed by atoms with Crippen LogP contribution in [0.4, 0.5) is 5.69 Å². The molecule has 0 unspecified atom stereocenters. The fraction of sp³-hybridized carbons (Fsp3) is 0. The largest absolute Gasteiger partial charge is 0.309 e. The number of nitrogens with zero attached hydrogens (tertiary/aromatic N) is 6. The molecule has 13 rings (SSSR count). The van der Waals surface area contributed by atoms with E-state index in [9.17, 15) is 5.26 Å². The summed E-state index contributed by atoms with van der Waals surface area (Å²) in [5.41, 5.74) is 18.6. The van der Waals surface area contributed by atoms with Crippen LogP contribution in [0.15, 0.2) is 243 Å². The minimum Gasteiger partial charge on any atom is -0.309 e. The SMILES string of the molecule is [C-]#[N+]c1ccc(-c2ccc3c(c2)c2ccccc2n3-c2cc(-c3nc(-c4ccccc4)cc(-c4ccccc4)n3)ccc2-c2ccccc2-n2c3ccccc3c3cc(-c4ccc(C#N)cc4)ccc32)cc1. The highest BCUT2D eigenvalue weighted by atomic mass is 15.0. The maximum atomic E-state index is 9.50. The Morgan fingerprint density at radius 3 is 1.39 bits per heavy atom. The lowest BCUT2D eigenvalue weighted by Gasteiger charge is -2.20. The third kappa shape index (κ3) is 7.19. The van der Waals surface area contributed by atoms with Crippen molar-refractivity contribution in [2.75, 3.05) is 0 Å².